The Morgan fingerprint density at radius 3 is 2.73 bits per heavy atom. The largest absolute Gasteiger partial charge is 0.396 e. The molecule has 1 fully saturated rings. The van der Waals surface area contributed by atoms with Gasteiger partial charge in [-0.2, -0.15) is 0 Å². The van der Waals surface area contributed by atoms with Crippen LogP contribution in [0.3, 0.4) is 0 Å². The molecule has 0 bridgehead atoms. The van der Waals surface area contributed by atoms with Crippen molar-refractivity contribution >= 4 is 0 Å². The van der Waals surface area contributed by atoms with Gasteiger partial charge in [-0.15, -0.1) is 12.2 Å². The maximum atomic E-state index is 8.44. The highest BCUT2D eigenvalue weighted by Gasteiger charge is 2.37. The van der Waals surface area contributed by atoms with E-state index in [-0.39, 0.29) is 12.0 Å². The second-order valence-electron chi connectivity index (χ2n) is 2.83. The van der Waals surface area contributed by atoms with Gasteiger partial charge in [0.1, 0.15) is 0 Å². The Bertz CT molecular complexity index is 222. The SMILES string of the molecule is C#CC1(C=C=CCCO)CC1. The summed E-state index contributed by atoms with van der Waals surface area (Å²) in [7, 11) is 0. The van der Waals surface area contributed by atoms with E-state index in [1.807, 2.05) is 12.2 Å². The van der Waals surface area contributed by atoms with Crippen LogP contribution in [0.15, 0.2) is 17.9 Å². The van der Waals surface area contributed by atoms with Gasteiger partial charge >= 0.3 is 0 Å². The molecule has 1 nitrogen and oxygen atoms in total. The summed E-state index contributed by atoms with van der Waals surface area (Å²) in [4.78, 5) is 0. The molecule has 58 valence electrons. The van der Waals surface area contributed by atoms with Crippen molar-refractivity contribution in [3.05, 3.63) is 17.9 Å². The molecule has 0 aromatic carbocycles. The van der Waals surface area contributed by atoms with E-state index < -0.39 is 0 Å². The molecule has 0 aromatic heterocycles. The van der Waals surface area contributed by atoms with Crippen molar-refractivity contribution in [3.63, 3.8) is 0 Å². The molecule has 0 aromatic rings. The Morgan fingerprint density at radius 1 is 1.55 bits per heavy atom. The fourth-order valence-corrected chi connectivity index (χ4v) is 0.831. The average molecular weight is 148 g/mol. The van der Waals surface area contributed by atoms with E-state index in [1.165, 1.54) is 0 Å². The van der Waals surface area contributed by atoms with E-state index in [2.05, 4.69) is 11.7 Å². The Hall–Kier alpha value is -0.960. The highest BCUT2D eigenvalue weighted by molar-refractivity contribution is 5.24. The van der Waals surface area contributed by atoms with Gasteiger partial charge in [0.05, 0.1) is 5.41 Å². The summed E-state index contributed by atoms with van der Waals surface area (Å²) in [6.07, 6.45) is 11.9. The number of aliphatic hydroxyl groups excluding tert-OH is 1. The first kappa shape index (κ1) is 8.14. The van der Waals surface area contributed by atoms with E-state index in [9.17, 15) is 0 Å². The van der Waals surface area contributed by atoms with Crippen molar-refractivity contribution in [3.8, 4) is 12.3 Å². The molecule has 1 aliphatic rings. The molecule has 1 saturated carbocycles. The summed E-state index contributed by atoms with van der Waals surface area (Å²) >= 11 is 0. The predicted molar refractivity (Wildman–Crippen MR) is 44.9 cm³/mol. The monoisotopic (exact) mass is 148 g/mol. The van der Waals surface area contributed by atoms with Crippen LogP contribution < -0.4 is 0 Å². The molecule has 11 heavy (non-hydrogen) atoms. The van der Waals surface area contributed by atoms with Gasteiger partial charge in [0.15, 0.2) is 0 Å². The zero-order valence-electron chi connectivity index (χ0n) is 6.51. The summed E-state index contributed by atoms with van der Waals surface area (Å²) in [5, 5.41) is 8.44. The first-order valence-electron chi connectivity index (χ1n) is 3.84. The molecule has 1 aliphatic carbocycles. The fourth-order valence-electron chi connectivity index (χ4n) is 0.831. The van der Waals surface area contributed by atoms with Crippen molar-refractivity contribution in [1.82, 2.24) is 0 Å². The molecule has 0 unspecified atom stereocenters. The standard InChI is InChI=1S/C10H12O/c1-2-10(7-8-10)6-4-3-5-9-11/h1,3,6,11H,5,7-9H2. The van der Waals surface area contributed by atoms with E-state index in [1.54, 1.807) is 0 Å². The van der Waals surface area contributed by atoms with Gasteiger partial charge in [-0.3, -0.25) is 0 Å². The van der Waals surface area contributed by atoms with E-state index in [4.69, 9.17) is 11.5 Å². The van der Waals surface area contributed by atoms with Crippen LogP contribution >= 0.6 is 0 Å². The zero-order valence-corrected chi connectivity index (χ0v) is 6.51. The minimum Gasteiger partial charge on any atom is -0.396 e. The predicted octanol–water partition coefficient (Wildman–Crippen LogP) is 1.49. The zero-order chi connectivity index (χ0) is 8.16. The number of hydrogen-bond donors (Lipinski definition) is 1. The van der Waals surface area contributed by atoms with E-state index in [0.717, 1.165) is 12.8 Å². The Morgan fingerprint density at radius 2 is 2.27 bits per heavy atom. The van der Waals surface area contributed by atoms with Crippen molar-refractivity contribution < 1.29 is 5.11 Å². The highest BCUT2D eigenvalue weighted by atomic mass is 16.2. The Balaban J connectivity index is 2.42. The summed E-state index contributed by atoms with van der Waals surface area (Å²) in [6, 6.07) is 0. The lowest BCUT2D eigenvalue weighted by molar-refractivity contribution is 0.302. The quantitative estimate of drug-likeness (QED) is 0.475. The molecule has 0 heterocycles. The third-order valence-corrected chi connectivity index (χ3v) is 1.83. The second-order valence-corrected chi connectivity index (χ2v) is 2.83. The van der Waals surface area contributed by atoms with Crippen LogP contribution in [-0.2, 0) is 0 Å². The van der Waals surface area contributed by atoms with Crippen molar-refractivity contribution in [1.29, 1.82) is 0 Å². The molecular weight excluding hydrogens is 136 g/mol. The Labute approximate surface area is 67.4 Å². The number of aliphatic hydroxyl groups is 1. The van der Waals surface area contributed by atoms with E-state index in [0.29, 0.717) is 6.42 Å². The average Bonchev–Trinajstić information content (AvgIpc) is 2.80. The van der Waals surface area contributed by atoms with Gasteiger partial charge in [-0.25, -0.2) is 0 Å². The fraction of sp³-hybridized carbons (Fsp3) is 0.500. The minimum atomic E-state index is 0.0198. The molecule has 1 rings (SSSR count). The number of terminal acetylenes is 1. The third-order valence-electron chi connectivity index (χ3n) is 1.83. The first-order chi connectivity index (χ1) is 5.33. The van der Waals surface area contributed by atoms with Crippen molar-refractivity contribution in [2.45, 2.75) is 19.3 Å². The lowest BCUT2D eigenvalue weighted by Crippen LogP contribution is -1.86. The Kier molecular flexibility index (Phi) is 2.54. The lowest BCUT2D eigenvalue weighted by atomic mass is 10.1. The van der Waals surface area contributed by atoms with E-state index >= 15 is 0 Å². The van der Waals surface area contributed by atoms with Gasteiger partial charge in [-0.1, -0.05) is 5.92 Å². The molecule has 0 spiro atoms. The van der Waals surface area contributed by atoms with Gasteiger partial charge < -0.3 is 5.11 Å². The van der Waals surface area contributed by atoms with Crippen LogP contribution in [0, 0.1) is 17.8 Å². The lowest BCUT2D eigenvalue weighted by Gasteiger charge is -1.91. The number of rotatable bonds is 3. The molecule has 0 amide bonds. The van der Waals surface area contributed by atoms with Gasteiger partial charge in [0, 0.05) is 6.61 Å². The molecule has 1 heteroatoms. The second kappa shape index (κ2) is 3.44. The molecule has 0 atom stereocenters. The summed E-state index contributed by atoms with van der Waals surface area (Å²) in [5.41, 5.74) is 3.01. The number of hydrogen-bond acceptors (Lipinski definition) is 1. The normalized spacial score (nSPS) is 17.8. The summed E-state index contributed by atoms with van der Waals surface area (Å²) < 4.78 is 0. The highest BCUT2D eigenvalue weighted by Crippen LogP contribution is 2.45. The van der Waals surface area contributed by atoms with Crippen LogP contribution in [0.25, 0.3) is 0 Å². The van der Waals surface area contributed by atoms with Gasteiger partial charge in [0.2, 0.25) is 0 Å². The molecule has 0 radical (unpaired) electrons. The maximum absolute atomic E-state index is 8.44. The van der Waals surface area contributed by atoms with Crippen LogP contribution in [0.4, 0.5) is 0 Å². The molecule has 0 aliphatic heterocycles. The third kappa shape index (κ3) is 2.27. The van der Waals surface area contributed by atoms with Gasteiger partial charge in [0.25, 0.3) is 0 Å². The molecule has 1 N–H and O–H groups in total. The van der Waals surface area contributed by atoms with Crippen LogP contribution in [0.2, 0.25) is 0 Å². The summed E-state index contributed by atoms with van der Waals surface area (Å²) in [5.74, 6) is 2.73. The molecular formula is C10H12O. The van der Waals surface area contributed by atoms with Crippen molar-refractivity contribution in [2.24, 2.45) is 5.41 Å². The van der Waals surface area contributed by atoms with Crippen LogP contribution in [0.5, 0.6) is 0 Å². The topological polar surface area (TPSA) is 20.2 Å². The maximum Gasteiger partial charge on any atom is 0.0565 e. The molecule has 0 saturated heterocycles. The first-order valence-corrected chi connectivity index (χ1v) is 3.84. The summed E-state index contributed by atoms with van der Waals surface area (Å²) in [6.45, 7) is 0.184. The van der Waals surface area contributed by atoms with Crippen LogP contribution in [-0.4, -0.2) is 11.7 Å². The van der Waals surface area contributed by atoms with Gasteiger partial charge in [-0.05, 0) is 31.4 Å². The smallest absolute Gasteiger partial charge is 0.0565 e. The van der Waals surface area contributed by atoms with Crippen LogP contribution in [0.1, 0.15) is 19.3 Å². The minimum absolute atomic E-state index is 0.0198. The van der Waals surface area contributed by atoms with Crippen molar-refractivity contribution in [2.75, 3.05) is 6.61 Å².